The third kappa shape index (κ3) is 6.18. The van der Waals surface area contributed by atoms with Gasteiger partial charge in [0.2, 0.25) is 0 Å². The molecule has 3 aliphatic heterocycles. The van der Waals surface area contributed by atoms with Crippen molar-refractivity contribution in [3.05, 3.63) is 75.9 Å². The zero-order valence-electron chi connectivity index (χ0n) is 29.1. The number of nitrogens with one attached hydrogen (secondary N) is 2. The second-order valence-corrected chi connectivity index (χ2v) is 15.1. The molecule has 6 nitrogen and oxygen atoms in total. The summed E-state index contributed by atoms with van der Waals surface area (Å²) in [4.78, 5) is 11.8. The topological polar surface area (TPSA) is 79.1 Å². The fourth-order valence-corrected chi connectivity index (χ4v) is 8.78. The molecule has 1 unspecified atom stereocenters. The number of halogens is 6. The molecule has 0 amide bonds. The Morgan fingerprint density at radius 2 is 1.98 bits per heavy atom. The lowest BCUT2D eigenvalue weighted by Crippen LogP contribution is -2.38. The van der Waals surface area contributed by atoms with Crippen molar-refractivity contribution in [1.82, 2.24) is 20.2 Å². The number of aromatic nitrogens is 2. The van der Waals surface area contributed by atoms with Gasteiger partial charge in [-0.3, -0.25) is 4.90 Å². The lowest BCUT2D eigenvalue weighted by Gasteiger charge is -2.31. The van der Waals surface area contributed by atoms with Gasteiger partial charge in [-0.15, -0.1) is 6.42 Å². The van der Waals surface area contributed by atoms with E-state index in [1.807, 2.05) is 0 Å². The monoisotopic (exact) mass is 734 g/mol. The van der Waals surface area contributed by atoms with E-state index in [0.29, 0.717) is 59.9 Å². The van der Waals surface area contributed by atoms with Gasteiger partial charge in [0.15, 0.2) is 11.6 Å². The van der Waals surface area contributed by atoms with Crippen molar-refractivity contribution in [3.63, 3.8) is 0 Å². The van der Waals surface area contributed by atoms with Crippen LogP contribution in [0, 0.1) is 35.7 Å². The van der Waals surface area contributed by atoms with Crippen molar-refractivity contribution >= 4 is 50.4 Å². The van der Waals surface area contributed by atoms with Crippen molar-refractivity contribution in [2.24, 2.45) is 5.92 Å². The quantitative estimate of drug-likeness (QED) is 0.0689. The maximum Gasteiger partial charge on any atom is 0.270 e. The SMILES string of the molecule is C#Cc1c(F)ccc2c(F)c(N)cc(-c3c(Cl)c4c5c(nc(CCC67CCCN6CC(=C(F)F)C7)nc5c3F)N[C@@H](CNCCC(C)C)CC4=C)c12. The number of hydrogen-bond acceptors (Lipinski definition) is 6. The summed E-state index contributed by atoms with van der Waals surface area (Å²) in [7, 11) is 0. The highest BCUT2D eigenvalue weighted by molar-refractivity contribution is 6.37. The highest BCUT2D eigenvalue weighted by Crippen LogP contribution is 2.49. The van der Waals surface area contributed by atoms with Gasteiger partial charge in [0.25, 0.3) is 6.08 Å². The molecule has 12 heteroatoms. The van der Waals surface area contributed by atoms with E-state index in [2.05, 4.69) is 41.9 Å². The van der Waals surface area contributed by atoms with Crippen molar-refractivity contribution in [1.29, 1.82) is 0 Å². The number of fused-ring (bicyclic) bond motifs is 2. The molecule has 2 fully saturated rings. The average molecular weight is 735 g/mol. The van der Waals surface area contributed by atoms with Gasteiger partial charge in [-0.25, -0.2) is 23.1 Å². The molecule has 7 rings (SSSR count). The molecule has 0 aliphatic carbocycles. The number of nitrogens with two attached hydrogens (primary N) is 1. The average Bonchev–Trinajstić information content (AvgIpc) is 3.62. The van der Waals surface area contributed by atoms with Gasteiger partial charge >= 0.3 is 0 Å². The molecule has 4 N–H and O–H groups in total. The van der Waals surface area contributed by atoms with Crippen LogP contribution in [0.4, 0.5) is 33.5 Å². The molecule has 4 aromatic rings. The molecule has 52 heavy (non-hydrogen) atoms. The predicted octanol–water partition coefficient (Wildman–Crippen LogP) is 9.24. The molecule has 2 atom stereocenters. The van der Waals surface area contributed by atoms with E-state index in [0.717, 1.165) is 38.4 Å². The molecule has 3 aromatic carbocycles. The summed E-state index contributed by atoms with van der Waals surface area (Å²) in [5.74, 6) is 1.05. The minimum atomic E-state index is -1.63. The Balaban J connectivity index is 1.41. The van der Waals surface area contributed by atoms with E-state index in [4.69, 9.17) is 33.7 Å². The number of terminal acetylenes is 1. The highest BCUT2D eigenvalue weighted by atomic mass is 35.5. The summed E-state index contributed by atoms with van der Waals surface area (Å²) in [5, 5.41) is 7.15. The fraction of sp³-hybridized carbons (Fsp3) is 0.400. The van der Waals surface area contributed by atoms with E-state index in [-0.39, 0.29) is 68.3 Å². The molecule has 272 valence electrons. The number of nitrogens with zero attached hydrogens (tertiary/aromatic N) is 3. The van der Waals surface area contributed by atoms with Crippen LogP contribution in [0.15, 0.2) is 36.4 Å². The predicted molar refractivity (Wildman–Crippen MR) is 199 cm³/mol. The van der Waals surface area contributed by atoms with Crippen LogP contribution in [0.5, 0.6) is 0 Å². The Hall–Kier alpha value is -4.24. The molecule has 0 bridgehead atoms. The summed E-state index contributed by atoms with van der Waals surface area (Å²) in [6.45, 7) is 11.0. The molecule has 0 saturated carbocycles. The van der Waals surface area contributed by atoms with Gasteiger partial charge in [0.1, 0.15) is 23.0 Å². The van der Waals surface area contributed by atoms with Crippen LogP contribution >= 0.6 is 11.6 Å². The molecule has 1 aromatic heterocycles. The number of aryl methyl sites for hydroxylation is 1. The number of hydrogen-bond donors (Lipinski definition) is 3. The maximum atomic E-state index is 17.4. The van der Waals surface area contributed by atoms with Gasteiger partial charge < -0.3 is 16.4 Å². The summed E-state index contributed by atoms with van der Waals surface area (Å²) in [6.07, 6.45) is 8.22. The van der Waals surface area contributed by atoms with Crippen LogP contribution in [0.1, 0.15) is 69.3 Å². The van der Waals surface area contributed by atoms with Crippen molar-refractivity contribution < 1.29 is 22.0 Å². The Labute approximate surface area is 304 Å². The lowest BCUT2D eigenvalue weighted by molar-refractivity contribution is 0.182. The van der Waals surface area contributed by atoms with E-state index >= 15 is 13.2 Å². The normalized spacial score (nSPS) is 20.1. The lowest BCUT2D eigenvalue weighted by atomic mass is 9.87. The first-order valence-electron chi connectivity index (χ1n) is 17.7. The number of rotatable bonds is 9. The standard InChI is InChI=1S/C40H40ClF5N6/c1-5-24-27(42)8-7-25-31(24)26(16-28(47)35(25)43)32-34(41)30-21(4)15-23(18-48-13-10-20(2)3)49-39-33(30)37(36(32)44)50-29(51-39)9-12-40-11-6-14-52(40)19-22(17-40)38(45)46/h1,7-8,16,20,23,48H,4,6,9-15,17-19,47H2,2-3H3,(H,49,50,51)/t23-,40?/m1/s1. The first-order chi connectivity index (χ1) is 24.8. The van der Waals surface area contributed by atoms with E-state index in [1.54, 1.807) is 0 Å². The summed E-state index contributed by atoms with van der Waals surface area (Å²) < 4.78 is 75.4. The number of anilines is 2. The van der Waals surface area contributed by atoms with Crippen molar-refractivity contribution in [2.45, 2.75) is 70.4 Å². The second-order valence-electron chi connectivity index (χ2n) is 14.7. The van der Waals surface area contributed by atoms with Crippen molar-refractivity contribution in [2.75, 3.05) is 37.2 Å². The molecule has 4 heterocycles. The minimum absolute atomic E-state index is 0.0135. The molecular formula is C40H40ClF5N6. The van der Waals surface area contributed by atoms with Crippen LogP contribution in [0.2, 0.25) is 5.02 Å². The minimum Gasteiger partial charge on any atom is -0.396 e. The zero-order valence-corrected chi connectivity index (χ0v) is 29.9. The number of nitrogen functional groups attached to an aromatic ring is 1. The van der Waals surface area contributed by atoms with Gasteiger partial charge in [0, 0.05) is 58.6 Å². The van der Waals surface area contributed by atoms with Crippen LogP contribution in [-0.4, -0.2) is 52.6 Å². The van der Waals surface area contributed by atoms with E-state index in [9.17, 15) is 8.78 Å². The Kier molecular flexibility index (Phi) is 9.70. The van der Waals surface area contributed by atoms with Crippen LogP contribution in [-0.2, 0) is 6.42 Å². The smallest absolute Gasteiger partial charge is 0.270 e. The van der Waals surface area contributed by atoms with Crippen LogP contribution in [0.25, 0.3) is 38.4 Å². The van der Waals surface area contributed by atoms with E-state index in [1.165, 1.54) is 12.1 Å². The van der Waals surface area contributed by atoms with Gasteiger partial charge in [-0.1, -0.05) is 37.9 Å². The number of benzene rings is 3. The molecule has 0 radical (unpaired) electrons. The fourth-order valence-electron chi connectivity index (χ4n) is 8.36. The Morgan fingerprint density at radius 3 is 2.71 bits per heavy atom. The van der Waals surface area contributed by atoms with Crippen molar-refractivity contribution in [3.8, 4) is 23.5 Å². The van der Waals surface area contributed by atoms with Crippen LogP contribution < -0.4 is 16.4 Å². The summed E-state index contributed by atoms with van der Waals surface area (Å²) >= 11 is 7.17. The first-order valence-corrected chi connectivity index (χ1v) is 18.0. The second kappa shape index (κ2) is 14.0. The largest absolute Gasteiger partial charge is 0.396 e. The third-order valence-corrected chi connectivity index (χ3v) is 11.3. The highest BCUT2D eigenvalue weighted by Gasteiger charge is 2.47. The van der Waals surface area contributed by atoms with Gasteiger partial charge in [-0.05, 0) is 86.9 Å². The first kappa shape index (κ1) is 36.1. The Morgan fingerprint density at radius 1 is 1.19 bits per heavy atom. The molecular weight excluding hydrogens is 695 g/mol. The third-order valence-electron chi connectivity index (χ3n) is 10.9. The molecule has 0 spiro atoms. The summed E-state index contributed by atoms with van der Waals surface area (Å²) in [6, 6.07) is 3.27. The Bertz CT molecular complexity index is 2210. The van der Waals surface area contributed by atoms with Crippen LogP contribution in [0.3, 0.4) is 0 Å². The maximum absolute atomic E-state index is 17.4. The summed E-state index contributed by atoms with van der Waals surface area (Å²) in [5.41, 5.74) is 6.04. The van der Waals surface area contributed by atoms with E-state index < -0.39 is 29.1 Å². The zero-order chi connectivity index (χ0) is 37.1. The van der Waals surface area contributed by atoms with Gasteiger partial charge in [0.05, 0.1) is 21.7 Å². The van der Waals surface area contributed by atoms with Gasteiger partial charge in [-0.2, -0.15) is 8.78 Å². The molecule has 2 saturated heterocycles. The molecule has 3 aliphatic rings.